The number of benzene rings is 2. The van der Waals surface area contributed by atoms with Crippen LogP contribution in [0.3, 0.4) is 0 Å². The van der Waals surface area contributed by atoms with Crippen molar-refractivity contribution in [2.75, 3.05) is 5.75 Å². The largest absolute Gasteiger partial charge is 0.453 e. The van der Waals surface area contributed by atoms with Gasteiger partial charge in [-0.25, -0.2) is 9.97 Å². The number of fused-ring (bicyclic) bond motifs is 6. The molecule has 7 nitrogen and oxygen atoms in total. The van der Waals surface area contributed by atoms with Crippen molar-refractivity contribution in [1.82, 2.24) is 24.9 Å². The summed E-state index contributed by atoms with van der Waals surface area (Å²) >= 11 is 1.39. The van der Waals surface area contributed by atoms with Gasteiger partial charge in [-0.2, -0.15) is 4.52 Å². The molecule has 4 atom stereocenters. The van der Waals surface area contributed by atoms with Crippen molar-refractivity contribution in [3.8, 4) is 11.6 Å². The van der Waals surface area contributed by atoms with E-state index in [4.69, 9.17) is 19.5 Å². The molecule has 1 N–H and O–H groups in total. The van der Waals surface area contributed by atoms with Crippen LogP contribution in [0.1, 0.15) is 32.6 Å². The standard InChI is InChI=1S/C28H27N5O2S/c1-16(21-13-17-10-11-18(21)12-17)29-25(34)15-36-28-30-22-8-4-3-7-20(22)27-31-26(32-33(27)28)24-14-19-6-2-5-9-23(19)35-24/h2-9,14,16-18,21H,10-13,15H2,1H3,(H,29,34)/t16-,17-,18-,21+/m0/s1. The zero-order valence-electron chi connectivity index (χ0n) is 20.1. The number of carbonyl (C=O) groups is 1. The molecule has 3 aromatic heterocycles. The lowest BCUT2D eigenvalue weighted by molar-refractivity contribution is -0.119. The van der Waals surface area contributed by atoms with E-state index in [1.54, 1.807) is 4.52 Å². The number of carbonyl (C=O) groups excluding carboxylic acids is 1. The second-order valence-electron chi connectivity index (χ2n) is 10.2. The van der Waals surface area contributed by atoms with Crippen molar-refractivity contribution in [3.05, 3.63) is 54.6 Å². The molecule has 2 fully saturated rings. The van der Waals surface area contributed by atoms with Crippen molar-refractivity contribution >= 4 is 45.2 Å². The van der Waals surface area contributed by atoms with E-state index < -0.39 is 0 Å². The summed E-state index contributed by atoms with van der Waals surface area (Å²) in [6, 6.07) is 17.9. The highest BCUT2D eigenvalue weighted by Crippen LogP contribution is 2.49. The summed E-state index contributed by atoms with van der Waals surface area (Å²) in [5.41, 5.74) is 2.33. The monoisotopic (exact) mass is 497 g/mol. The predicted molar refractivity (Wildman–Crippen MR) is 141 cm³/mol. The zero-order valence-corrected chi connectivity index (χ0v) is 20.9. The van der Waals surface area contributed by atoms with Crippen molar-refractivity contribution in [2.45, 2.75) is 43.8 Å². The number of hydrogen-bond acceptors (Lipinski definition) is 6. The van der Waals surface area contributed by atoms with Crippen LogP contribution in [0.15, 0.2) is 64.2 Å². The summed E-state index contributed by atoms with van der Waals surface area (Å²) in [6.45, 7) is 2.16. The number of amides is 1. The van der Waals surface area contributed by atoms with E-state index in [0.29, 0.717) is 28.3 Å². The third kappa shape index (κ3) is 3.75. The van der Waals surface area contributed by atoms with Crippen LogP contribution in [0.4, 0.5) is 0 Å². The first-order valence-corrected chi connectivity index (χ1v) is 13.7. The molecule has 2 aliphatic carbocycles. The molecule has 36 heavy (non-hydrogen) atoms. The normalized spacial score (nSPS) is 22.1. The summed E-state index contributed by atoms with van der Waals surface area (Å²) in [7, 11) is 0. The second-order valence-corrected chi connectivity index (χ2v) is 11.2. The van der Waals surface area contributed by atoms with Gasteiger partial charge in [-0.15, -0.1) is 5.10 Å². The van der Waals surface area contributed by atoms with Crippen molar-refractivity contribution in [3.63, 3.8) is 0 Å². The maximum absolute atomic E-state index is 12.9. The molecule has 0 saturated heterocycles. The van der Waals surface area contributed by atoms with E-state index in [-0.39, 0.29) is 17.7 Å². The maximum atomic E-state index is 12.9. The average molecular weight is 498 g/mol. The third-order valence-electron chi connectivity index (χ3n) is 7.95. The minimum Gasteiger partial charge on any atom is -0.453 e. The number of furan rings is 1. The molecule has 182 valence electrons. The van der Waals surface area contributed by atoms with Crippen molar-refractivity contribution in [2.24, 2.45) is 17.8 Å². The lowest BCUT2D eigenvalue weighted by Gasteiger charge is -2.28. The number of para-hydroxylation sites is 2. The minimum atomic E-state index is 0.0380. The molecular weight excluding hydrogens is 470 g/mol. The highest BCUT2D eigenvalue weighted by Gasteiger charge is 2.42. The molecule has 8 heteroatoms. The van der Waals surface area contributed by atoms with Crippen LogP contribution in [0, 0.1) is 17.8 Å². The first kappa shape index (κ1) is 21.9. The van der Waals surface area contributed by atoms with E-state index in [0.717, 1.165) is 33.7 Å². The molecule has 0 radical (unpaired) electrons. The number of nitrogens with zero attached hydrogens (tertiary/aromatic N) is 4. The highest BCUT2D eigenvalue weighted by molar-refractivity contribution is 7.99. The Morgan fingerprint density at radius 1 is 1.14 bits per heavy atom. The van der Waals surface area contributed by atoms with Crippen LogP contribution in [0.5, 0.6) is 0 Å². The SMILES string of the molecule is C[C@H](NC(=O)CSc1nc2ccccc2c2nc(-c3cc4ccccc4o3)nn12)[C@H]1C[C@H]2CC[C@H]1C2. The second kappa shape index (κ2) is 8.62. The number of hydrogen-bond donors (Lipinski definition) is 1. The Morgan fingerprint density at radius 3 is 2.83 bits per heavy atom. The topological polar surface area (TPSA) is 85.3 Å². The van der Waals surface area contributed by atoms with Crippen molar-refractivity contribution < 1.29 is 9.21 Å². The van der Waals surface area contributed by atoms with Gasteiger partial charge in [0.1, 0.15) is 5.58 Å². The molecule has 3 heterocycles. The molecule has 0 unspecified atom stereocenters. The van der Waals surface area contributed by atoms with Crippen LogP contribution in [0.2, 0.25) is 0 Å². The first-order valence-electron chi connectivity index (χ1n) is 12.7. The first-order chi connectivity index (χ1) is 17.6. The number of thioether (sulfide) groups is 1. The van der Waals surface area contributed by atoms with E-state index >= 15 is 0 Å². The smallest absolute Gasteiger partial charge is 0.230 e. The van der Waals surface area contributed by atoms with Crippen LogP contribution in [0.25, 0.3) is 39.1 Å². The van der Waals surface area contributed by atoms with E-state index in [2.05, 4.69) is 12.2 Å². The van der Waals surface area contributed by atoms with Crippen LogP contribution in [-0.4, -0.2) is 37.3 Å². The average Bonchev–Trinajstić information content (AvgIpc) is 3.69. The van der Waals surface area contributed by atoms with Gasteiger partial charge in [-0.3, -0.25) is 4.79 Å². The van der Waals surface area contributed by atoms with E-state index in [9.17, 15) is 4.79 Å². The fourth-order valence-electron chi connectivity index (χ4n) is 6.26. The molecule has 1 amide bonds. The fourth-order valence-corrected chi connectivity index (χ4v) is 7.02. The third-order valence-corrected chi connectivity index (χ3v) is 8.88. The number of aromatic nitrogens is 4. The molecule has 0 spiro atoms. The maximum Gasteiger partial charge on any atom is 0.230 e. The van der Waals surface area contributed by atoms with Gasteiger partial charge < -0.3 is 9.73 Å². The quantitative estimate of drug-likeness (QED) is 0.238. The Labute approximate surface area is 212 Å². The van der Waals surface area contributed by atoms with E-state index in [1.807, 2.05) is 54.6 Å². The molecule has 2 bridgehead atoms. The molecule has 2 saturated carbocycles. The van der Waals surface area contributed by atoms with Crippen LogP contribution < -0.4 is 5.32 Å². The van der Waals surface area contributed by atoms with Gasteiger partial charge in [-0.05, 0) is 68.2 Å². The predicted octanol–water partition coefficient (Wildman–Crippen LogP) is 5.72. The van der Waals surface area contributed by atoms with Crippen LogP contribution in [-0.2, 0) is 4.79 Å². The van der Waals surface area contributed by atoms with Crippen molar-refractivity contribution in [1.29, 1.82) is 0 Å². The zero-order chi connectivity index (χ0) is 24.2. The van der Waals surface area contributed by atoms with Gasteiger partial charge in [0.2, 0.25) is 11.7 Å². The molecule has 5 aromatic rings. The summed E-state index contributed by atoms with van der Waals surface area (Å²) in [6.07, 6.45) is 5.30. The Bertz CT molecular complexity index is 1570. The van der Waals surface area contributed by atoms with Gasteiger partial charge in [-0.1, -0.05) is 48.5 Å². The molecule has 0 aliphatic heterocycles. The van der Waals surface area contributed by atoms with Gasteiger partial charge in [0.05, 0.1) is 11.3 Å². The van der Waals surface area contributed by atoms with E-state index in [1.165, 1.54) is 37.4 Å². The Balaban J connectivity index is 1.17. The highest BCUT2D eigenvalue weighted by atomic mass is 32.2. The van der Waals surface area contributed by atoms with Gasteiger partial charge >= 0.3 is 0 Å². The molecule has 2 aromatic carbocycles. The summed E-state index contributed by atoms with van der Waals surface area (Å²) in [4.78, 5) is 22.5. The van der Waals surface area contributed by atoms with Gasteiger partial charge in [0.15, 0.2) is 16.6 Å². The Hall–Kier alpha value is -3.39. The molecular formula is C28H27N5O2S. The number of rotatable bonds is 6. The molecule has 2 aliphatic rings. The van der Waals surface area contributed by atoms with Gasteiger partial charge in [0.25, 0.3) is 0 Å². The van der Waals surface area contributed by atoms with Crippen LogP contribution >= 0.6 is 11.8 Å². The summed E-state index contributed by atoms with van der Waals surface area (Å²) in [5, 5.41) is 10.6. The summed E-state index contributed by atoms with van der Waals surface area (Å²) < 4.78 is 7.76. The number of nitrogens with one attached hydrogen (secondary N) is 1. The lowest BCUT2D eigenvalue weighted by atomic mass is 9.84. The van der Waals surface area contributed by atoms with Gasteiger partial charge in [0, 0.05) is 16.8 Å². The fraction of sp³-hybridized carbons (Fsp3) is 0.357. The summed E-state index contributed by atoms with van der Waals surface area (Å²) in [5.74, 6) is 3.70. The minimum absolute atomic E-state index is 0.0380. The Kier molecular flexibility index (Phi) is 5.23. The Morgan fingerprint density at radius 2 is 2.00 bits per heavy atom. The lowest BCUT2D eigenvalue weighted by Crippen LogP contribution is -2.40. The molecule has 7 rings (SSSR count).